The summed E-state index contributed by atoms with van der Waals surface area (Å²) < 4.78 is 6.24. The van der Waals surface area contributed by atoms with E-state index < -0.39 is 0 Å². The summed E-state index contributed by atoms with van der Waals surface area (Å²) in [7, 11) is 0. The van der Waals surface area contributed by atoms with Gasteiger partial charge in [-0.25, -0.2) is 4.98 Å². The number of halogens is 1. The number of hydrogen-bond donors (Lipinski definition) is 1. The van der Waals surface area contributed by atoms with Crippen LogP contribution in [-0.2, 0) is 4.74 Å². The number of pyridine rings is 1. The van der Waals surface area contributed by atoms with E-state index in [9.17, 15) is 0 Å². The number of rotatable bonds is 2. The SMILES string of the molecule is Nc1cc(Br)cnc1SC1CCOCC1. The van der Waals surface area contributed by atoms with Crippen molar-refractivity contribution in [2.45, 2.75) is 23.1 Å². The zero-order chi connectivity index (χ0) is 10.7. The first kappa shape index (κ1) is 11.2. The molecular weight excluding hydrogens is 276 g/mol. The van der Waals surface area contributed by atoms with Crippen LogP contribution in [0.5, 0.6) is 0 Å². The minimum atomic E-state index is 0.592. The summed E-state index contributed by atoms with van der Waals surface area (Å²) in [5.74, 6) is 0. The Bertz CT molecular complexity index is 342. The monoisotopic (exact) mass is 288 g/mol. The molecule has 2 rings (SSSR count). The molecule has 0 aromatic carbocycles. The van der Waals surface area contributed by atoms with Gasteiger partial charge in [-0.15, -0.1) is 11.8 Å². The van der Waals surface area contributed by atoms with Gasteiger partial charge in [-0.1, -0.05) is 0 Å². The fourth-order valence-corrected chi connectivity index (χ4v) is 2.89. The van der Waals surface area contributed by atoms with Gasteiger partial charge in [0.05, 0.1) is 5.69 Å². The van der Waals surface area contributed by atoms with Crippen LogP contribution >= 0.6 is 27.7 Å². The van der Waals surface area contributed by atoms with Crippen LogP contribution in [0.25, 0.3) is 0 Å². The van der Waals surface area contributed by atoms with Gasteiger partial charge in [0.1, 0.15) is 5.03 Å². The van der Waals surface area contributed by atoms with E-state index in [0.717, 1.165) is 41.2 Å². The molecule has 82 valence electrons. The Kier molecular flexibility index (Phi) is 3.88. The van der Waals surface area contributed by atoms with E-state index in [0.29, 0.717) is 5.25 Å². The lowest BCUT2D eigenvalue weighted by Gasteiger charge is -2.21. The lowest BCUT2D eigenvalue weighted by atomic mass is 10.2. The highest BCUT2D eigenvalue weighted by Gasteiger charge is 2.16. The highest BCUT2D eigenvalue weighted by molar-refractivity contribution is 9.10. The number of nitrogens with zero attached hydrogens (tertiary/aromatic N) is 1. The van der Waals surface area contributed by atoms with Crippen molar-refractivity contribution in [3.05, 3.63) is 16.7 Å². The summed E-state index contributed by atoms with van der Waals surface area (Å²) in [4.78, 5) is 4.32. The molecular formula is C10H13BrN2OS. The van der Waals surface area contributed by atoms with E-state index >= 15 is 0 Å². The van der Waals surface area contributed by atoms with Gasteiger partial charge in [-0.3, -0.25) is 0 Å². The van der Waals surface area contributed by atoms with E-state index in [2.05, 4.69) is 20.9 Å². The van der Waals surface area contributed by atoms with Crippen molar-refractivity contribution < 1.29 is 4.74 Å². The number of nitrogens with two attached hydrogens (primary N) is 1. The molecule has 1 aliphatic rings. The third-order valence-corrected chi connectivity index (χ3v) is 4.09. The number of hydrogen-bond acceptors (Lipinski definition) is 4. The number of thioether (sulfide) groups is 1. The van der Waals surface area contributed by atoms with E-state index in [1.807, 2.05) is 6.07 Å². The van der Waals surface area contributed by atoms with Crippen molar-refractivity contribution in [2.75, 3.05) is 18.9 Å². The summed E-state index contributed by atoms with van der Waals surface area (Å²) in [5, 5.41) is 1.53. The van der Waals surface area contributed by atoms with E-state index in [-0.39, 0.29) is 0 Å². The highest BCUT2D eigenvalue weighted by Crippen LogP contribution is 2.32. The summed E-state index contributed by atoms with van der Waals surface area (Å²) >= 11 is 5.11. The lowest BCUT2D eigenvalue weighted by molar-refractivity contribution is 0.1000. The Hall–Kier alpha value is -0.260. The summed E-state index contributed by atoms with van der Waals surface area (Å²) in [6, 6.07) is 1.90. The van der Waals surface area contributed by atoms with Crippen LogP contribution in [0.2, 0.25) is 0 Å². The van der Waals surface area contributed by atoms with Crippen LogP contribution in [0, 0.1) is 0 Å². The van der Waals surface area contributed by atoms with Crippen LogP contribution in [0.3, 0.4) is 0 Å². The maximum absolute atomic E-state index is 5.89. The van der Waals surface area contributed by atoms with Crippen molar-refractivity contribution in [1.29, 1.82) is 0 Å². The second-order valence-corrected chi connectivity index (χ2v) is 5.68. The zero-order valence-corrected chi connectivity index (χ0v) is 10.7. The van der Waals surface area contributed by atoms with Gasteiger partial charge in [-0.2, -0.15) is 0 Å². The summed E-state index contributed by atoms with van der Waals surface area (Å²) in [6.45, 7) is 1.71. The van der Waals surface area contributed by atoms with E-state index in [4.69, 9.17) is 10.5 Å². The van der Waals surface area contributed by atoms with Crippen LogP contribution in [0.1, 0.15) is 12.8 Å². The molecule has 0 aliphatic carbocycles. The Balaban J connectivity index is 2.03. The fraction of sp³-hybridized carbons (Fsp3) is 0.500. The lowest BCUT2D eigenvalue weighted by Crippen LogP contribution is -2.17. The average molecular weight is 289 g/mol. The van der Waals surface area contributed by atoms with Gasteiger partial charge in [0.25, 0.3) is 0 Å². The molecule has 0 atom stereocenters. The molecule has 1 fully saturated rings. The van der Waals surface area contributed by atoms with Crippen LogP contribution in [0.4, 0.5) is 5.69 Å². The summed E-state index contributed by atoms with van der Waals surface area (Å²) in [5.41, 5.74) is 6.64. The Morgan fingerprint density at radius 3 is 2.87 bits per heavy atom. The topological polar surface area (TPSA) is 48.1 Å². The quantitative estimate of drug-likeness (QED) is 0.909. The molecule has 0 amide bonds. The van der Waals surface area contributed by atoms with Gasteiger partial charge < -0.3 is 10.5 Å². The second-order valence-electron chi connectivity index (χ2n) is 3.48. The first-order valence-electron chi connectivity index (χ1n) is 4.91. The van der Waals surface area contributed by atoms with Crippen molar-refractivity contribution >= 4 is 33.4 Å². The number of nitrogen functional groups attached to an aromatic ring is 1. The first-order chi connectivity index (χ1) is 7.25. The van der Waals surface area contributed by atoms with Crippen LogP contribution in [-0.4, -0.2) is 23.4 Å². The maximum Gasteiger partial charge on any atom is 0.119 e. The largest absolute Gasteiger partial charge is 0.397 e. The third-order valence-electron chi connectivity index (χ3n) is 2.29. The highest BCUT2D eigenvalue weighted by atomic mass is 79.9. The molecule has 2 heterocycles. The predicted octanol–water partition coefficient (Wildman–Crippen LogP) is 2.70. The Labute approximate surface area is 102 Å². The minimum Gasteiger partial charge on any atom is -0.397 e. The predicted molar refractivity (Wildman–Crippen MR) is 66.0 cm³/mol. The molecule has 3 nitrogen and oxygen atoms in total. The molecule has 5 heteroatoms. The smallest absolute Gasteiger partial charge is 0.119 e. The van der Waals surface area contributed by atoms with E-state index in [1.165, 1.54) is 0 Å². The molecule has 15 heavy (non-hydrogen) atoms. The normalized spacial score (nSPS) is 17.9. The van der Waals surface area contributed by atoms with Crippen LogP contribution < -0.4 is 5.73 Å². The van der Waals surface area contributed by atoms with E-state index in [1.54, 1.807) is 18.0 Å². The van der Waals surface area contributed by atoms with Crippen molar-refractivity contribution in [3.63, 3.8) is 0 Å². The molecule has 1 aromatic rings. The number of ether oxygens (including phenoxy) is 1. The Morgan fingerprint density at radius 2 is 2.20 bits per heavy atom. The zero-order valence-electron chi connectivity index (χ0n) is 8.28. The van der Waals surface area contributed by atoms with Gasteiger partial charge in [0.2, 0.25) is 0 Å². The fourth-order valence-electron chi connectivity index (χ4n) is 1.49. The van der Waals surface area contributed by atoms with Crippen molar-refractivity contribution in [3.8, 4) is 0 Å². The van der Waals surface area contributed by atoms with Crippen molar-refractivity contribution in [1.82, 2.24) is 4.98 Å². The molecule has 0 unspecified atom stereocenters. The van der Waals surface area contributed by atoms with Gasteiger partial charge in [0.15, 0.2) is 0 Å². The van der Waals surface area contributed by atoms with Gasteiger partial charge >= 0.3 is 0 Å². The molecule has 0 spiro atoms. The van der Waals surface area contributed by atoms with Gasteiger partial charge in [0, 0.05) is 29.1 Å². The molecule has 0 bridgehead atoms. The maximum atomic E-state index is 5.89. The number of anilines is 1. The molecule has 1 aromatic heterocycles. The minimum absolute atomic E-state index is 0.592. The Morgan fingerprint density at radius 1 is 1.47 bits per heavy atom. The molecule has 0 saturated carbocycles. The molecule has 1 aliphatic heterocycles. The molecule has 1 saturated heterocycles. The summed E-state index contributed by atoms with van der Waals surface area (Å²) in [6.07, 6.45) is 3.96. The molecule has 2 N–H and O–H groups in total. The van der Waals surface area contributed by atoms with Crippen LogP contribution in [0.15, 0.2) is 21.8 Å². The average Bonchev–Trinajstić information content (AvgIpc) is 2.24. The first-order valence-corrected chi connectivity index (χ1v) is 6.58. The second kappa shape index (κ2) is 5.18. The standard InChI is InChI=1S/C10H13BrN2OS/c11-7-5-9(12)10(13-6-7)15-8-1-3-14-4-2-8/h5-6,8H,1-4,12H2. The third kappa shape index (κ3) is 3.09. The van der Waals surface area contributed by atoms with Crippen molar-refractivity contribution in [2.24, 2.45) is 0 Å². The van der Waals surface area contributed by atoms with Gasteiger partial charge in [-0.05, 0) is 34.8 Å². The number of aromatic nitrogens is 1. The molecule has 0 radical (unpaired) electrons.